The van der Waals surface area contributed by atoms with Crippen molar-refractivity contribution in [3.63, 3.8) is 0 Å². The minimum Gasteiger partial charge on any atom is -0.507 e. The average molecular weight is 266 g/mol. The number of hydrogen-bond donors (Lipinski definition) is 3. The van der Waals surface area contributed by atoms with Crippen molar-refractivity contribution in [3.05, 3.63) is 23.8 Å². The van der Waals surface area contributed by atoms with Crippen molar-refractivity contribution in [3.8, 4) is 5.75 Å². The number of urea groups is 1. The van der Waals surface area contributed by atoms with Gasteiger partial charge in [-0.15, -0.1) is 0 Å². The van der Waals surface area contributed by atoms with Gasteiger partial charge in [-0.3, -0.25) is 0 Å². The van der Waals surface area contributed by atoms with Gasteiger partial charge in [0.2, 0.25) is 0 Å². The molecule has 104 valence electrons. The highest BCUT2D eigenvalue weighted by Crippen LogP contribution is 2.21. The van der Waals surface area contributed by atoms with Crippen LogP contribution in [0, 0.1) is 0 Å². The second-order valence-electron chi connectivity index (χ2n) is 4.35. The Morgan fingerprint density at radius 2 is 2.00 bits per heavy atom. The molecule has 2 amide bonds. The first-order valence-electron chi connectivity index (χ1n) is 6.00. The molecule has 0 atom stereocenters. The Hall–Kier alpha value is -2.24. The number of phenols is 1. The number of aromatic carboxylic acids is 1. The van der Waals surface area contributed by atoms with Gasteiger partial charge in [0.25, 0.3) is 0 Å². The van der Waals surface area contributed by atoms with Crippen LogP contribution in [0.2, 0.25) is 0 Å². The quantitative estimate of drug-likeness (QED) is 0.730. The molecular weight excluding hydrogens is 248 g/mol. The van der Waals surface area contributed by atoms with Crippen LogP contribution in [0.3, 0.4) is 0 Å². The van der Waals surface area contributed by atoms with Crippen LogP contribution < -0.4 is 5.32 Å². The molecule has 0 saturated carbocycles. The van der Waals surface area contributed by atoms with Crippen molar-refractivity contribution in [2.24, 2.45) is 0 Å². The molecule has 1 aromatic carbocycles. The number of carbonyl (C=O) groups is 2. The largest absolute Gasteiger partial charge is 0.507 e. The summed E-state index contributed by atoms with van der Waals surface area (Å²) in [6, 6.07) is 3.66. The van der Waals surface area contributed by atoms with Crippen LogP contribution in [0.1, 0.15) is 31.1 Å². The van der Waals surface area contributed by atoms with Crippen LogP contribution in [0.5, 0.6) is 5.75 Å². The fourth-order valence-corrected chi connectivity index (χ4v) is 1.72. The minimum absolute atomic E-state index is 0.0426. The molecule has 0 aliphatic rings. The highest BCUT2D eigenvalue weighted by molar-refractivity contribution is 5.95. The molecular formula is C13H18N2O4. The molecule has 0 saturated heterocycles. The van der Waals surface area contributed by atoms with Crippen molar-refractivity contribution in [1.29, 1.82) is 0 Å². The molecule has 0 radical (unpaired) electrons. The molecule has 0 unspecified atom stereocenters. The van der Waals surface area contributed by atoms with E-state index in [2.05, 4.69) is 5.32 Å². The summed E-state index contributed by atoms with van der Waals surface area (Å²) in [6.45, 7) is 6.19. The summed E-state index contributed by atoms with van der Waals surface area (Å²) in [5.74, 6) is -1.58. The zero-order chi connectivity index (χ0) is 14.6. The maximum absolute atomic E-state index is 12.0. The van der Waals surface area contributed by atoms with Gasteiger partial charge >= 0.3 is 12.0 Å². The summed E-state index contributed by atoms with van der Waals surface area (Å²) in [5.41, 5.74) is 0.0877. The summed E-state index contributed by atoms with van der Waals surface area (Å²) in [6.07, 6.45) is 0. The fraction of sp³-hybridized carbons (Fsp3) is 0.385. The highest BCUT2D eigenvalue weighted by Gasteiger charge is 2.16. The molecule has 0 aliphatic heterocycles. The maximum atomic E-state index is 12.0. The van der Waals surface area contributed by atoms with E-state index in [1.165, 1.54) is 18.2 Å². The summed E-state index contributed by atoms with van der Waals surface area (Å²) in [5, 5.41) is 20.9. The number of amides is 2. The van der Waals surface area contributed by atoms with E-state index >= 15 is 0 Å². The van der Waals surface area contributed by atoms with E-state index < -0.39 is 5.97 Å². The number of carboxylic acid groups (broad SMARTS) is 1. The number of aromatic hydroxyl groups is 1. The second kappa shape index (κ2) is 6.08. The monoisotopic (exact) mass is 266 g/mol. The lowest BCUT2D eigenvalue weighted by Crippen LogP contribution is -2.39. The molecule has 0 spiro atoms. The van der Waals surface area contributed by atoms with E-state index in [-0.39, 0.29) is 23.4 Å². The number of nitrogens with zero attached hydrogens (tertiary/aromatic N) is 1. The number of carbonyl (C=O) groups excluding carboxylic acids is 1. The molecule has 0 aromatic heterocycles. The Morgan fingerprint density at radius 3 is 2.47 bits per heavy atom. The Labute approximate surface area is 111 Å². The number of benzene rings is 1. The lowest BCUT2D eigenvalue weighted by Gasteiger charge is -2.25. The Bertz CT molecular complexity index is 486. The third-order valence-electron chi connectivity index (χ3n) is 2.70. The van der Waals surface area contributed by atoms with Gasteiger partial charge in [-0.2, -0.15) is 0 Å². The van der Waals surface area contributed by atoms with Gasteiger partial charge in [0.05, 0.1) is 0 Å². The van der Waals surface area contributed by atoms with Crippen LogP contribution in [-0.4, -0.2) is 39.7 Å². The molecule has 19 heavy (non-hydrogen) atoms. The molecule has 0 heterocycles. The van der Waals surface area contributed by atoms with Crippen LogP contribution in [0.15, 0.2) is 18.2 Å². The van der Waals surface area contributed by atoms with E-state index in [9.17, 15) is 14.7 Å². The van der Waals surface area contributed by atoms with Crippen molar-refractivity contribution in [2.75, 3.05) is 11.9 Å². The predicted molar refractivity (Wildman–Crippen MR) is 71.6 cm³/mol. The van der Waals surface area contributed by atoms with Gasteiger partial charge in [0.15, 0.2) is 0 Å². The topological polar surface area (TPSA) is 89.9 Å². The minimum atomic E-state index is -1.25. The SMILES string of the molecule is CCN(C(=O)Nc1ccc(O)c(C(=O)O)c1)C(C)C. The van der Waals surface area contributed by atoms with Gasteiger partial charge in [0.1, 0.15) is 11.3 Å². The lowest BCUT2D eigenvalue weighted by molar-refractivity contribution is 0.0693. The molecule has 6 heteroatoms. The van der Waals surface area contributed by atoms with E-state index in [0.717, 1.165) is 0 Å². The first-order valence-corrected chi connectivity index (χ1v) is 6.00. The molecule has 0 bridgehead atoms. The molecule has 3 N–H and O–H groups in total. The van der Waals surface area contributed by atoms with Crippen LogP contribution >= 0.6 is 0 Å². The zero-order valence-electron chi connectivity index (χ0n) is 11.2. The second-order valence-corrected chi connectivity index (χ2v) is 4.35. The Kier molecular flexibility index (Phi) is 4.74. The number of anilines is 1. The van der Waals surface area contributed by atoms with Crippen LogP contribution in [0.25, 0.3) is 0 Å². The summed E-state index contributed by atoms with van der Waals surface area (Å²) < 4.78 is 0. The molecule has 0 fully saturated rings. The number of nitrogens with one attached hydrogen (secondary N) is 1. The van der Waals surface area contributed by atoms with Crippen LogP contribution in [0.4, 0.5) is 10.5 Å². The number of carboxylic acids is 1. The standard InChI is InChI=1S/C13H18N2O4/c1-4-15(8(2)3)13(19)14-9-5-6-11(16)10(7-9)12(17)18/h5-8,16H,4H2,1-3H3,(H,14,19)(H,17,18). The van der Waals surface area contributed by atoms with Crippen molar-refractivity contribution in [2.45, 2.75) is 26.8 Å². The van der Waals surface area contributed by atoms with E-state index in [1.807, 2.05) is 20.8 Å². The summed E-state index contributed by atoms with van der Waals surface area (Å²) in [4.78, 5) is 24.4. The third-order valence-corrected chi connectivity index (χ3v) is 2.70. The van der Waals surface area contributed by atoms with Gasteiger partial charge in [-0.05, 0) is 39.0 Å². The smallest absolute Gasteiger partial charge is 0.339 e. The Balaban J connectivity index is 2.91. The first kappa shape index (κ1) is 14.8. The molecule has 0 aliphatic carbocycles. The maximum Gasteiger partial charge on any atom is 0.339 e. The first-order chi connectivity index (χ1) is 8.86. The zero-order valence-corrected chi connectivity index (χ0v) is 11.2. The highest BCUT2D eigenvalue weighted by atomic mass is 16.4. The van der Waals surface area contributed by atoms with Crippen LogP contribution in [-0.2, 0) is 0 Å². The summed E-state index contributed by atoms with van der Waals surface area (Å²) >= 11 is 0. The normalized spacial score (nSPS) is 10.3. The predicted octanol–water partition coefficient (Wildman–Crippen LogP) is 2.35. The van der Waals surface area contributed by atoms with Crippen molar-refractivity contribution < 1.29 is 19.8 Å². The van der Waals surface area contributed by atoms with E-state index in [1.54, 1.807) is 4.90 Å². The lowest BCUT2D eigenvalue weighted by atomic mass is 10.2. The summed E-state index contributed by atoms with van der Waals surface area (Å²) in [7, 11) is 0. The molecule has 6 nitrogen and oxygen atoms in total. The fourth-order valence-electron chi connectivity index (χ4n) is 1.72. The van der Waals surface area contributed by atoms with Gasteiger partial charge < -0.3 is 20.4 Å². The molecule has 1 aromatic rings. The third kappa shape index (κ3) is 3.61. The molecule has 1 rings (SSSR count). The van der Waals surface area contributed by atoms with Crippen molar-refractivity contribution in [1.82, 2.24) is 4.90 Å². The van der Waals surface area contributed by atoms with Crippen molar-refractivity contribution >= 4 is 17.7 Å². The van der Waals surface area contributed by atoms with E-state index in [4.69, 9.17) is 5.11 Å². The van der Waals surface area contributed by atoms with Gasteiger partial charge in [-0.1, -0.05) is 0 Å². The van der Waals surface area contributed by atoms with Gasteiger partial charge in [-0.25, -0.2) is 9.59 Å². The number of rotatable bonds is 4. The Morgan fingerprint density at radius 1 is 1.37 bits per heavy atom. The van der Waals surface area contributed by atoms with E-state index in [0.29, 0.717) is 12.2 Å². The number of hydrogen-bond acceptors (Lipinski definition) is 3. The van der Waals surface area contributed by atoms with Gasteiger partial charge in [0, 0.05) is 18.3 Å². The average Bonchev–Trinajstić information content (AvgIpc) is 2.31.